The molecule has 0 unspecified atom stereocenters. The van der Waals surface area contributed by atoms with Crippen LogP contribution in [-0.2, 0) is 0 Å². The number of hydrogen-bond acceptors (Lipinski definition) is 1. The van der Waals surface area contributed by atoms with Crippen molar-refractivity contribution in [2.45, 2.75) is 52.4 Å². The molecule has 1 rings (SSSR count). The molecule has 118 valence electrons. The van der Waals surface area contributed by atoms with Crippen LogP contribution < -0.4 is 0 Å². The monoisotopic (exact) mass is 295 g/mol. The van der Waals surface area contributed by atoms with Crippen LogP contribution >= 0.6 is 0 Å². The summed E-state index contributed by atoms with van der Waals surface area (Å²) in [4.78, 5) is 2.41. The molecule has 0 radical (unpaired) electrons. The number of rotatable bonds is 7. The third-order valence-corrected chi connectivity index (χ3v) is 2.99. The number of unbranched alkanes of at least 4 members (excludes halogenated alkanes) is 5. The van der Waals surface area contributed by atoms with Gasteiger partial charge in [-0.15, -0.1) is 0 Å². The SMILES string of the molecule is CCCCCCCCN1C=CC(C)=CC1.F[B-](F)(F)F.[H+]. The van der Waals surface area contributed by atoms with E-state index in [0.29, 0.717) is 0 Å². The highest BCUT2D eigenvalue weighted by Gasteiger charge is 2.20. The number of allylic oxidation sites excluding steroid dienone is 2. The average Bonchev–Trinajstić information content (AvgIpc) is 2.34. The smallest absolute Gasteiger partial charge is 0.418 e. The predicted molar refractivity (Wildman–Crippen MR) is 79.1 cm³/mol. The van der Waals surface area contributed by atoms with Gasteiger partial charge < -0.3 is 22.2 Å². The first kappa shape index (κ1) is 19.1. The first-order valence-corrected chi connectivity index (χ1v) is 7.29. The molecule has 0 aromatic heterocycles. The van der Waals surface area contributed by atoms with E-state index in [-0.39, 0.29) is 1.43 Å². The molecular weight excluding hydrogens is 269 g/mol. The zero-order valence-corrected chi connectivity index (χ0v) is 12.4. The number of hydrogen-bond donors (Lipinski definition) is 0. The summed E-state index contributed by atoms with van der Waals surface area (Å²) in [5, 5.41) is 0. The van der Waals surface area contributed by atoms with Crippen LogP contribution in [0.1, 0.15) is 53.8 Å². The van der Waals surface area contributed by atoms with Gasteiger partial charge in [0.2, 0.25) is 0 Å². The lowest BCUT2D eigenvalue weighted by molar-refractivity contribution is 0.368. The van der Waals surface area contributed by atoms with Crippen LogP contribution in [0.3, 0.4) is 0 Å². The summed E-state index contributed by atoms with van der Waals surface area (Å²) in [5.74, 6) is 0. The van der Waals surface area contributed by atoms with Crippen LogP contribution in [0.4, 0.5) is 17.3 Å². The van der Waals surface area contributed by atoms with Crippen LogP contribution in [0.5, 0.6) is 0 Å². The van der Waals surface area contributed by atoms with Crippen molar-refractivity contribution in [3.05, 3.63) is 23.9 Å². The van der Waals surface area contributed by atoms with E-state index < -0.39 is 7.25 Å². The maximum Gasteiger partial charge on any atom is 1.00 e. The van der Waals surface area contributed by atoms with Crippen molar-refractivity contribution in [1.82, 2.24) is 4.90 Å². The summed E-state index contributed by atoms with van der Waals surface area (Å²) in [6.45, 7) is 6.77. The standard InChI is InChI=1S/C14H25N.BF4/c1-3-4-5-6-7-8-11-15-12-9-14(2)10-13-15;2-1(3,4)5/h9-10,12H,3-8,11,13H2,1-2H3;/q;-1/p+1. The van der Waals surface area contributed by atoms with Crippen LogP contribution in [0.15, 0.2) is 23.9 Å². The molecular formula is C14H26BF4N. The lowest BCUT2D eigenvalue weighted by atomic mass is 10.1. The fraction of sp³-hybridized carbons (Fsp3) is 0.714. The second kappa shape index (κ2) is 10.8. The molecule has 0 aromatic carbocycles. The maximum atomic E-state index is 9.75. The molecule has 6 heteroatoms. The Morgan fingerprint density at radius 2 is 1.65 bits per heavy atom. The van der Waals surface area contributed by atoms with Crippen LogP contribution in [0, 0.1) is 0 Å². The molecule has 20 heavy (non-hydrogen) atoms. The van der Waals surface area contributed by atoms with Crippen LogP contribution in [0.25, 0.3) is 0 Å². The fourth-order valence-electron chi connectivity index (χ4n) is 1.87. The van der Waals surface area contributed by atoms with Crippen LogP contribution in [-0.4, -0.2) is 25.2 Å². The largest absolute Gasteiger partial charge is 1.00 e. The molecule has 1 nitrogen and oxygen atoms in total. The van der Waals surface area contributed by atoms with Gasteiger partial charge in [0, 0.05) is 13.1 Å². The van der Waals surface area contributed by atoms with E-state index in [0.717, 1.165) is 6.54 Å². The fourth-order valence-corrected chi connectivity index (χ4v) is 1.87. The van der Waals surface area contributed by atoms with Gasteiger partial charge in [-0.1, -0.05) is 50.7 Å². The zero-order chi connectivity index (χ0) is 15.4. The first-order valence-electron chi connectivity index (χ1n) is 7.29. The minimum absolute atomic E-state index is 0. The normalized spacial score (nSPS) is 14.7. The Labute approximate surface area is 121 Å². The van der Waals surface area contributed by atoms with Gasteiger partial charge in [-0.2, -0.15) is 0 Å². The molecule has 0 amide bonds. The first-order chi connectivity index (χ1) is 9.33. The van der Waals surface area contributed by atoms with Crippen molar-refractivity contribution >= 4 is 7.25 Å². The second-order valence-electron chi connectivity index (χ2n) is 5.02. The third kappa shape index (κ3) is 15.1. The molecule has 0 saturated heterocycles. The summed E-state index contributed by atoms with van der Waals surface area (Å²) in [5.41, 5.74) is 1.40. The van der Waals surface area contributed by atoms with Gasteiger partial charge in [-0.3, -0.25) is 0 Å². The topological polar surface area (TPSA) is 3.24 Å². The molecule has 0 N–H and O–H groups in total. The van der Waals surface area contributed by atoms with Crippen molar-refractivity contribution < 1.29 is 18.7 Å². The Bertz CT molecular complexity index is 300. The van der Waals surface area contributed by atoms with Crippen LogP contribution in [0.2, 0.25) is 0 Å². The van der Waals surface area contributed by atoms with Gasteiger partial charge in [0.05, 0.1) is 0 Å². The Morgan fingerprint density at radius 3 is 2.15 bits per heavy atom. The zero-order valence-electron chi connectivity index (χ0n) is 13.4. The molecule has 0 fully saturated rings. The second-order valence-corrected chi connectivity index (χ2v) is 5.02. The van der Waals surface area contributed by atoms with E-state index in [9.17, 15) is 17.3 Å². The van der Waals surface area contributed by atoms with E-state index in [4.69, 9.17) is 0 Å². The van der Waals surface area contributed by atoms with Gasteiger partial charge in [-0.25, -0.2) is 0 Å². The van der Waals surface area contributed by atoms with Gasteiger partial charge >= 0.3 is 8.68 Å². The molecule has 0 aromatic rings. The molecule has 0 atom stereocenters. The molecule has 0 saturated carbocycles. The third-order valence-electron chi connectivity index (χ3n) is 2.99. The molecule has 1 aliphatic heterocycles. The van der Waals surface area contributed by atoms with Gasteiger partial charge in [0.1, 0.15) is 0 Å². The van der Waals surface area contributed by atoms with Gasteiger partial charge in [0.15, 0.2) is 0 Å². The van der Waals surface area contributed by atoms with Crippen molar-refractivity contribution in [3.63, 3.8) is 0 Å². The van der Waals surface area contributed by atoms with E-state index in [1.807, 2.05) is 0 Å². The summed E-state index contributed by atoms with van der Waals surface area (Å²) >= 11 is 0. The van der Waals surface area contributed by atoms with E-state index in [2.05, 4.69) is 37.1 Å². The Hall–Kier alpha value is -0.935. The molecule has 0 aliphatic carbocycles. The summed E-state index contributed by atoms with van der Waals surface area (Å²) in [6, 6.07) is 0. The number of nitrogens with zero attached hydrogens (tertiary/aromatic N) is 1. The molecule has 0 spiro atoms. The minimum Gasteiger partial charge on any atom is -0.418 e. The van der Waals surface area contributed by atoms with Gasteiger partial charge in [0.25, 0.3) is 0 Å². The van der Waals surface area contributed by atoms with E-state index in [1.54, 1.807) is 0 Å². The number of halogens is 4. The van der Waals surface area contributed by atoms with Crippen molar-refractivity contribution in [3.8, 4) is 0 Å². The lowest BCUT2D eigenvalue weighted by Crippen LogP contribution is -2.20. The van der Waals surface area contributed by atoms with Crippen molar-refractivity contribution in [2.24, 2.45) is 0 Å². The van der Waals surface area contributed by atoms with E-state index in [1.165, 1.54) is 50.6 Å². The Morgan fingerprint density at radius 1 is 1.10 bits per heavy atom. The highest BCUT2D eigenvalue weighted by Crippen LogP contribution is 2.09. The van der Waals surface area contributed by atoms with E-state index >= 15 is 0 Å². The molecule has 1 heterocycles. The Balaban J connectivity index is 0. The average molecular weight is 295 g/mol. The molecule has 1 aliphatic rings. The maximum absolute atomic E-state index is 9.75. The summed E-state index contributed by atoms with van der Waals surface area (Å²) < 4.78 is 39.0. The minimum atomic E-state index is -6.00. The highest BCUT2D eigenvalue weighted by molar-refractivity contribution is 6.50. The quantitative estimate of drug-likeness (QED) is 0.339. The summed E-state index contributed by atoms with van der Waals surface area (Å²) in [7, 11) is -6.00. The van der Waals surface area contributed by atoms with Crippen molar-refractivity contribution in [1.29, 1.82) is 0 Å². The molecule has 0 bridgehead atoms. The summed E-state index contributed by atoms with van der Waals surface area (Å²) in [6.07, 6.45) is 15.1. The highest BCUT2D eigenvalue weighted by atomic mass is 19.5. The Kier molecular flexibility index (Phi) is 10.3. The lowest BCUT2D eigenvalue weighted by Gasteiger charge is -2.21. The predicted octanol–water partition coefficient (Wildman–Crippen LogP) is 5.54. The van der Waals surface area contributed by atoms with Crippen molar-refractivity contribution in [2.75, 3.05) is 13.1 Å². The van der Waals surface area contributed by atoms with Gasteiger partial charge in [-0.05, 0) is 25.6 Å².